The Labute approximate surface area is 173 Å². The summed E-state index contributed by atoms with van der Waals surface area (Å²) in [6, 6.07) is 7.07. The Kier molecular flexibility index (Phi) is 6.16. The number of hydrogen-bond acceptors (Lipinski definition) is 3. The number of carbonyl (C=O) groups excluding carboxylic acids is 2. The van der Waals surface area contributed by atoms with E-state index in [0.29, 0.717) is 17.7 Å². The first-order valence-corrected chi connectivity index (χ1v) is 11.2. The molecule has 2 amide bonds. The van der Waals surface area contributed by atoms with Crippen LogP contribution in [0.3, 0.4) is 0 Å². The molecule has 1 N–H and O–H groups in total. The summed E-state index contributed by atoms with van der Waals surface area (Å²) in [5.41, 5.74) is 1.06. The molecule has 2 unspecified atom stereocenters. The number of amides is 2. The smallest absolute Gasteiger partial charge is 0.261 e. The number of unbranched alkanes of at least 4 members (excludes halogenated alkanes) is 1. The molecule has 1 saturated heterocycles. The van der Waals surface area contributed by atoms with Gasteiger partial charge in [-0.2, -0.15) is 0 Å². The summed E-state index contributed by atoms with van der Waals surface area (Å²) >= 11 is 0. The van der Waals surface area contributed by atoms with Crippen LogP contribution in [0.25, 0.3) is 0 Å². The van der Waals surface area contributed by atoms with Crippen molar-refractivity contribution in [3.05, 3.63) is 35.4 Å². The average molecular weight is 397 g/mol. The fraction of sp³-hybridized carbons (Fsp3) is 0.609. The highest BCUT2D eigenvalue weighted by atomic mass is 16.2. The first-order chi connectivity index (χ1) is 14.2. The van der Waals surface area contributed by atoms with E-state index in [2.05, 4.69) is 17.1 Å². The number of nitrogens with zero attached hydrogens (tertiary/aromatic N) is 3. The third-order valence-corrected chi connectivity index (χ3v) is 6.54. The monoisotopic (exact) mass is 396 g/mol. The van der Waals surface area contributed by atoms with E-state index in [9.17, 15) is 9.59 Å². The lowest BCUT2D eigenvalue weighted by Crippen LogP contribution is -2.40. The molecule has 2 fully saturated rings. The standard InChI is InChI=1S/C23H32N4O2/c1-2-24-23(26-15-17-9-3-4-10-18(17)16-26)25-13-7-8-14-27-21(28)19-11-5-6-12-20(19)22(27)29/h5-6,11-12,17-18H,2-4,7-10,13-16H2,1H3,(H,24,25). The predicted octanol–water partition coefficient (Wildman–Crippen LogP) is 3.15. The molecule has 29 heavy (non-hydrogen) atoms. The third kappa shape index (κ3) is 4.16. The van der Waals surface area contributed by atoms with Crippen molar-refractivity contribution in [2.75, 3.05) is 32.7 Å². The molecule has 2 aliphatic heterocycles. The number of hydrogen-bond donors (Lipinski definition) is 1. The van der Waals surface area contributed by atoms with E-state index >= 15 is 0 Å². The highest BCUT2D eigenvalue weighted by molar-refractivity contribution is 6.21. The summed E-state index contributed by atoms with van der Waals surface area (Å²) in [7, 11) is 0. The van der Waals surface area contributed by atoms with Crippen molar-refractivity contribution in [1.82, 2.24) is 15.1 Å². The van der Waals surface area contributed by atoms with Gasteiger partial charge in [0.25, 0.3) is 11.8 Å². The van der Waals surface area contributed by atoms with Crippen molar-refractivity contribution >= 4 is 17.8 Å². The van der Waals surface area contributed by atoms with Crippen molar-refractivity contribution in [3.8, 4) is 0 Å². The lowest BCUT2D eigenvalue weighted by molar-refractivity contribution is 0.0652. The van der Waals surface area contributed by atoms with E-state index in [1.54, 1.807) is 24.3 Å². The lowest BCUT2D eigenvalue weighted by atomic mass is 9.82. The van der Waals surface area contributed by atoms with E-state index in [0.717, 1.165) is 56.8 Å². The highest BCUT2D eigenvalue weighted by Crippen LogP contribution is 2.36. The van der Waals surface area contributed by atoms with Crippen LogP contribution in [-0.4, -0.2) is 60.3 Å². The number of aliphatic imine (C=N–C) groups is 1. The van der Waals surface area contributed by atoms with E-state index < -0.39 is 0 Å². The fourth-order valence-electron chi connectivity index (χ4n) is 5.01. The Morgan fingerprint density at radius 1 is 1.03 bits per heavy atom. The Bertz CT molecular complexity index is 742. The molecule has 2 heterocycles. The highest BCUT2D eigenvalue weighted by Gasteiger charge is 2.36. The number of nitrogens with one attached hydrogen (secondary N) is 1. The number of benzene rings is 1. The molecule has 6 heteroatoms. The number of likely N-dealkylation sites (tertiary alicyclic amines) is 1. The number of fused-ring (bicyclic) bond motifs is 2. The van der Waals surface area contributed by atoms with Crippen molar-refractivity contribution in [3.63, 3.8) is 0 Å². The maximum atomic E-state index is 12.4. The second kappa shape index (κ2) is 8.97. The van der Waals surface area contributed by atoms with Crippen LogP contribution < -0.4 is 5.32 Å². The summed E-state index contributed by atoms with van der Waals surface area (Å²) in [5, 5.41) is 3.45. The molecular weight excluding hydrogens is 364 g/mol. The van der Waals surface area contributed by atoms with Gasteiger partial charge in [0.2, 0.25) is 0 Å². The van der Waals surface area contributed by atoms with Gasteiger partial charge in [0.1, 0.15) is 0 Å². The molecule has 1 saturated carbocycles. The quantitative estimate of drug-likeness (QED) is 0.347. The van der Waals surface area contributed by atoms with Crippen molar-refractivity contribution in [2.45, 2.75) is 45.4 Å². The molecule has 0 radical (unpaired) electrons. The maximum Gasteiger partial charge on any atom is 0.261 e. The Morgan fingerprint density at radius 2 is 1.66 bits per heavy atom. The van der Waals surface area contributed by atoms with Crippen LogP contribution in [0.15, 0.2) is 29.3 Å². The van der Waals surface area contributed by atoms with Gasteiger partial charge in [0.15, 0.2) is 5.96 Å². The SMILES string of the molecule is CCNC(=NCCCCN1C(=O)c2ccccc2C1=O)N1CC2CCCCC2C1. The molecule has 0 aromatic heterocycles. The molecule has 0 bridgehead atoms. The van der Waals surface area contributed by atoms with Crippen molar-refractivity contribution in [1.29, 1.82) is 0 Å². The first kappa shape index (κ1) is 19.9. The Hall–Kier alpha value is -2.37. The van der Waals surface area contributed by atoms with Gasteiger partial charge in [-0.15, -0.1) is 0 Å². The van der Waals surface area contributed by atoms with Gasteiger partial charge in [0, 0.05) is 32.7 Å². The van der Waals surface area contributed by atoms with Crippen LogP contribution in [0, 0.1) is 11.8 Å². The van der Waals surface area contributed by atoms with E-state index in [1.807, 2.05) is 0 Å². The van der Waals surface area contributed by atoms with Gasteiger partial charge >= 0.3 is 0 Å². The number of imide groups is 1. The van der Waals surface area contributed by atoms with Gasteiger partial charge in [-0.3, -0.25) is 19.5 Å². The number of rotatable bonds is 6. The van der Waals surface area contributed by atoms with Crippen LogP contribution in [0.4, 0.5) is 0 Å². The van der Waals surface area contributed by atoms with E-state index in [1.165, 1.54) is 30.6 Å². The van der Waals surface area contributed by atoms with Crippen molar-refractivity contribution < 1.29 is 9.59 Å². The predicted molar refractivity (Wildman–Crippen MR) is 114 cm³/mol. The van der Waals surface area contributed by atoms with Gasteiger partial charge in [-0.1, -0.05) is 25.0 Å². The second-order valence-electron chi connectivity index (χ2n) is 8.46. The number of guanidine groups is 1. The van der Waals surface area contributed by atoms with Gasteiger partial charge in [0.05, 0.1) is 11.1 Å². The molecule has 1 aromatic rings. The Balaban J connectivity index is 1.27. The topological polar surface area (TPSA) is 65.0 Å². The molecule has 156 valence electrons. The molecular formula is C23H32N4O2. The van der Waals surface area contributed by atoms with Crippen molar-refractivity contribution in [2.24, 2.45) is 16.8 Å². The summed E-state index contributed by atoms with van der Waals surface area (Å²) in [4.78, 5) is 33.5. The molecule has 1 aliphatic carbocycles. The zero-order valence-electron chi connectivity index (χ0n) is 17.4. The minimum atomic E-state index is -0.165. The zero-order chi connectivity index (χ0) is 20.2. The summed E-state index contributed by atoms with van der Waals surface area (Å²) in [5.74, 6) is 2.37. The minimum Gasteiger partial charge on any atom is -0.357 e. The number of carbonyl (C=O) groups is 2. The van der Waals surface area contributed by atoms with Gasteiger partial charge in [-0.25, -0.2) is 0 Å². The largest absolute Gasteiger partial charge is 0.357 e. The van der Waals surface area contributed by atoms with Gasteiger partial charge < -0.3 is 10.2 Å². The normalized spacial score (nSPS) is 24.1. The summed E-state index contributed by atoms with van der Waals surface area (Å²) in [6.07, 6.45) is 7.12. The third-order valence-electron chi connectivity index (χ3n) is 6.54. The Morgan fingerprint density at radius 3 is 2.24 bits per heavy atom. The lowest BCUT2D eigenvalue weighted by Gasteiger charge is -2.22. The zero-order valence-corrected chi connectivity index (χ0v) is 17.4. The molecule has 1 aromatic carbocycles. The van der Waals surface area contributed by atoms with Crippen LogP contribution in [0.2, 0.25) is 0 Å². The second-order valence-corrected chi connectivity index (χ2v) is 8.46. The maximum absolute atomic E-state index is 12.4. The van der Waals surface area contributed by atoms with E-state index in [-0.39, 0.29) is 11.8 Å². The molecule has 3 aliphatic rings. The molecule has 2 atom stereocenters. The molecule has 0 spiro atoms. The molecule has 6 nitrogen and oxygen atoms in total. The fourth-order valence-corrected chi connectivity index (χ4v) is 5.01. The van der Waals surface area contributed by atoms with E-state index in [4.69, 9.17) is 4.99 Å². The average Bonchev–Trinajstić information content (AvgIpc) is 3.28. The van der Waals surface area contributed by atoms with Crippen LogP contribution >= 0.6 is 0 Å². The van der Waals surface area contributed by atoms with Crippen LogP contribution in [0.5, 0.6) is 0 Å². The van der Waals surface area contributed by atoms with Crippen LogP contribution in [0.1, 0.15) is 66.2 Å². The summed E-state index contributed by atoms with van der Waals surface area (Å²) in [6.45, 7) is 6.43. The first-order valence-electron chi connectivity index (χ1n) is 11.2. The van der Waals surface area contributed by atoms with Crippen LogP contribution in [-0.2, 0) is 0 Å². The van der Waals surface area contributed by atoms with Gasteiger partial charge in [-0.05, 0) is 56.6 Å². The molecule has 4 rings (SSSR count). The minimum absolute atomic E-state index is 0.165. The summed E-state index contributed by atoms with van der Waals surface area (Å²) < 4.78 is 0.